The van der Waals surface area contributed by atoms with Crippen molar-refractivity contribution < 1.29 is 38.5 Å². The number of benzene rings is 2. The number of nitrogens with zero attached hydrogens (tertiary/aromatic N) is 2. The van der Waals surface area contributed by atoms with Crippen LogP contribution in [0.3, 0.4) is 0 Å². The van der Waals surface area contributed by atoms with Crippen LogP contribution in [0.5, 0.6) is 5.75 Å². The Morgan fingerprint density at radius 3 is 2.40 bits per heavy atom. The molecule has 2 aromatic carbocycles. The van der Waals surface area contributed by atoms with E-state index in [0.29, 0.717) is 29.8 Å². The van der Waals surface area contributed by atoms with Crippen LogP contribution in [0.4, 0.5) is 5.69 Å². The van der Waals surface area contributed by atoms with Crippen molar-refractivity contribution in [3.05, 3.63) is 85.5 Å². The number of anilines is 1. The van der Waals surface area contributed by atoms with Gasteiger partial charge in [-0.15, -0.1) is 13.2 Å². The van der Waals surface area contributed by atoms with Gasteiger partial charge in [-0.1, -0.05) is 72.3 Å². The molecule has 2 aromatic rings. The first-order valence-electron chi connectivity index (χ1n) is 17.9. The number of ether oxygens (including phenoxy) is 3. The summed E-state index contributed by atoms with van der Waals surface area (Å²) < 4.78 is 18.4. The molecule has 2 bridgehead atoms. The molecule has 1 unspecified atom stereocenters. The van der Waals surface area contributed by atoms with E-state index in [1.165, 1.54) is 4.90 Å². The number of carbonyl (C=O) groups is 4. The first-order chi connectivity index (χ1) is 24.9. The van der Waals surface area contributed by atoms with Gasteiger partial charge in [-0.25, -0.2) is 0 Å². The van der Waals surface area contributed by atoms with E-state index >= 15 is 4.79 Å². The highest BCUT2D eigenvalue weighted by Gasteiger charge is 2.77. The molecule has 2 N–H and O–H groups in total. The van der Waals surface area contributed by atoms with Crippen molar-refractivity contribution in [2.24, 2.45) is 17.8 Å². The molecular weight excluding hydrogens is 730 g/mol. The molecule has 1 spiro atoms. The molecule has 0 radical (unpaired) electrons. The van der Waals surface area contributed by atoms with Crippen LogP contribution in [-0.4, -0.2) is 88.6 Å². The van der Waals surface area contributed by atoms with Crippen LogP contribution < -0.4 is 15.0 Å². The van der Waals surface area contributed by atoms with Crippen LogP contribution in [0.15, 0.2) is 79.9 Å². The molecule has 3 aliphatic rings. The molecule has 11 nitrogen and oxygen atoms in total. The van der Waals surface area contributed by atoms with Crippen molar-refractivity contribution in [2.75, 3.05) is 25.2 Å². The summed E-state index contributed by atoms with van der Waals surface area (Å²) in [6.45, 7) is 13.1. The molecule has 0 aliphatic carbocycles. The maximum absolute atomic E-state index is 15.0. The highest BCUT2D eigenvalue weighted by atomic mass is 79.9. The number of methoxy groups -OCH3 is 1. The Bertz CT molecular complexity index is 1620. The predicted octanol–water partition coefficient (Wildman–Crippen LogP) is 5.12. The molecule has 9 atom stereocenters. The van der Waals surface area contributed by atoms with E-state index in [1.54, 1.807) is 55.4 Å². The number of halogens is 1. The summed E-state index contributed by atoms with van der Waals surface area (Å²) in [6, 6.07) is 13.7. The van der Waals surface area contributed by atoms with Gasteiger partial charge in [0.15, 0.2) is 0 Å². The Hall–Kier alpha value is -4.00. The lowest BCUT2D eigenvalue weighted by atomic mass is 9.70. The number of esters is 1. The van der Waals surface area contributed by atoms with Gasteiger partial charge >= 0.3 is 5.97 Å². The third kappa shape index (κ3) is 7.56. The third-order valence-corrected chi connectivity index (χ3v) is 11.2. The Morgan fingerprint density at radius 1 is 1.12 bits per heavy atom. The largest absolute Gasteiger partial charge is 0.497 e. The topological polar surface area (TPSA) is 135 Å². The van der Waals surface area contributed by atoms with Crippen molar-refractivity contribution >= 4 is 45.3 Å². The van der Waals surface area contributed by atoms with Crippen molar-refractivity contribution in [3.8, 4) is 5.75 Å². The number of aliphatic hydroxyl groups is 1. The fourth-order valence-electron chi connectivity index (χ4n) is 8.13. The molecular formula is C40H50BrN3O8. The van der Waals surface area contributed by atoms with Crippen molar-refractivity contribution in [2.45, 2.75) is 87.2 Å². The normalized spacial score (nSPS) is 26.3. The van der Waals surface area contributed by atoms with E-state index in [-0.39, 0.29) is 42.6 Å². The summed E-state index contributed by atoms with van der Waals surface area (Å²) in [5, 5.41) is 13.7. The molecule has 52 heavy (non-hydrogen) atoms. The Morgan fingerprint density at radius 2 is 1.81 bits per heavy atom. The lowest BCUT2D eigenvalue weighted by Gasteiger charge is -2.39. The summed E-state index contributed by atoms with van der Waals surface area (Å²) in [5.41, 5.74) is -0.151. The van der Waals surface area contributed by atoms with Gasteiger partial charge < -0.3 is 34.4 Å². The minimum atomic E-state index is -1.39. The zero-order valence-corrected chi connectivity index (χ0v) is 31.9. The Labute approximate surface area is 314 Å². The minimum absolute atomic E-state index is 0.0845. The first kappa shape index (κ1) is 39.2. The van der Waals surface area contributed by atoms with E-state index in [0.717, 1.165) is 0 Å². The molecule has 3 heterocycles. The van der Waals surface area contributed by atoms with Gasteiger partial charge in [-0.05, 0) is 61.9 Å². The molecule has 0 saturated carbocycles. The predicted molar refractivity (Wildman–Crippen MR) is 201 cm³/mol. The Balaban J connectivity index is 1.55. The lowest BCUT2D eigenvalue weighted by molar-refractivity contribution is -0.162. The number of rotatable bonds is 17. The monoisotopic (exact) mass is 779 g/mol. The lowest BCUT2D eigenvalue weighted by Crippen LogP contribution is -2.59. The number of hydrogen-bond acceptors (Lipinski definition) is 8. The molecule has 3 amide bonds. The number of amides is 3. The number of nitrogens with one attached hydrogen (secondary N) is 1. The van der Waals surface area contributed by atoms with E-state index in [2.05, 4.69) is 34.4 Å². The average molecular weight is 781 g/mol. The molecule has 12 heteroatoms. The maximum atomic E-state index is 15.0. The van der Waals surface area contributed by atoms with Crippen molar-refractivity contribution in [1.29, 1.82) is 0 Å². The van der Waals surface area contributed by atoms with Gasteiger partial charge in [0.05, 0.1) is 43.7 Å². The SMILES string of the molecule is C=CCCC(=O)N[C@H](C)[C@@H](OC(=O)[C@H]1[C@@H]2O[C@@]3(CC2Br)[C@@H]1C(=O)N([C@@H](CO)CC(C)C)[C@@H]3C(=O)N(CC=C)c1ccc(OC)cc1)c1ccccc1. The van der Waals surface area contributed by atoms with E-state index < -0.39 is 65.6 Å². The zero-order chi connectivity index (χ0) is 37.7. The maximum Gasteiger partial charge on any atom is 0.313 e. The van der Waals surface area contributed by atoms with Gasteiger partial charge in [0, 0.05) is 23.5 Å². The molecule has 3 fully saturated rings. The van der Waals surface area contributed by atoms with Gasteiger partial charge in [0.25, 0.3) is 5.91 Å². The van der Waals surface area contributed by atoms with E-state index in [4.69, 9.17) is 14.2 Å². The molecule has 3 aliphatic heterocycles. The Kier molecular flexibility index (Phi) is 12.6. The number of carbonyl (C=O) groups excluding carboxylic acids is 4. The van der Waals surface area contributed by atoms with Crippen molar-refractivity contribution in [1.82, 2.24) is 10.2 Å². The minimum Gasteiger partial charge on any atom is -0.497 e. The van der Waals surface area contributed by atoms with E-state index in [1.807, 2.05) is 44.2 Å². The van der Waals surface area contributed by atoms with Gasteiger partial charge in [0.2, 0.25) is 11.8 Å². The number of fused-ring (bicyclic) bond motifs is 1. The summed E-state index contributed by atoms with van der Waals surface area (Å²) in [5.74, 6) is -3.13. The van der Waals surface area contributed by atoms with Gasteiger partial charge in [0.1, 0.15) is 23.5 Å². The highest BCUT2D eigenvalue weighted by molar-refractivity contribution is 9.09. The highest BCUT2D eigenvalue weighted by Crippen LogP contribution is 2.61. The molecule has 5 rings (SSSR count). The molecule has 280 valence electrons. The summed E-state index contributed by atoms with van der Waals surface area (Å²) in [6.07, 6.45) is 3.08. The molecule has 0 aromatic heterocycles. The summed E-state index contributed by atoms with van der Waals surface area (Å²) >= 11 is 3.74. The fourth-order valence-corrected chi connectivity index (χ4v) is 9.07. The quantitative estimate of drug-likeness (QED) is 0.128. The van der Waals surface area contributed by atoms with E-state index in [9.17, 15) is 19.5 Å². The van der Waals surface area contributed by atoms with Crippen LogP contribution in [0, 0.1) is 17.8 Å². The second-order valence-corrected chi connectivity index (χ2v) is 15.4. The van der Waals surface area contributed by atoms with Crippen LogP contribution in [-0.2, 0) is 28.7 Å². The fraction of sp³-hybridized carbons (Fsp3) is 0.500. The van der Waals surface area contributed by atoms with Crippen LogP contribution >= 0.6 is 15.9 Å². The molecule has 3 saturated heterocycles. The number of hydrogen-bond donors (Lipinski definition) is 2. The van der Waals surface area contributed by atoms with Crippen LogP contribution in [0.25, 0.3) is 0 Å². The first-order valence-corrected chi connectivity index (χ1v) is 18.8. The van der Waals surface area contributed by atoms with Gasteiger partial charge in [-0.3, -0.25) is 19.2 Å². The zero-order valence-electron chi connectivity index (χ0n) is 30.3. The number of likely N-dealkylation sites (tertiary alicyclic amines) is 1. The van der Waals surface area contributed by atoms with Gasteiger partial charge in [-0.2, -0.15) is 0 Å². The number of aliphatic hydroxyl groups excluding tert-OH is 1. The second-order valence-electron chi connectivity index (χ2n) is 14.3. The number of allylic oxidation sites excluding steroid dienone is 1. The third-order valence-electron chi connectivity index (χ3n) is 10.3. The number of alkyl halides is 1. The second kappa shape index (κ2) is 16.8. The average Bonchev–Trinajstić information content (AvgIpc) is 3.73. The standard InChI is InChI=1S/C40H50BrN3O8/c1-7-9-15-31(46)42-25(5)34(26-13-11-10-12-14-26)51-39(49)32-33-37(47)44(28(23-45)21-24(3)4)36(40(33)22-30(41)35(32)52-40)38(48)43(20-8-2)27-16-18-29(50-6)19-17-27/h7-8,10-14,16-19,24-25,28,30,32-36,45H,1-2,9,15,20-23H2,3-6H3,(H,42,46)/t25-,28-,30?,32-,33+,34-,35-,36-,40+/m1/s1. The van der Waals surface area contributed by atoms with Crippen LogP contribution in [0.1, 0.15) is 58.1 Å². The smallest absolute Gasteiger partial charge is 0.313 e. The van der Waals surface area contributed by atoms with Crippen molar-refractivity contribution in [3.63, 3.8) is 0 Å². The van der Waals surface area contributed by atoms with Crippen LogP contribution in [0.2, 0.25) is 0 Å². The summed E-state index contributed by atoms with van der Waals surface area (Å²) in [4.78, 5) is 59.8. The summed E-state index contributed by atoms with van der Waals surface area (Å²) in [7, 11) is 1.56.